The minimum Gasteiger partial charge on any atom is -0.478 e. The second-order valence-corrected chi connectivity index (χ2v) is 5.03. The van der Waals surface area contributed by atoms with Crippen LogP contribution in [0.4, 0.5) is 10.1 Å². The zero-order valence-corrected chi connectivity index (χ0v) is 9.66. The molecule has 0 aliphatic heterocycles. The van der Waals surface area contributed by atoms with Crippen LogP contribution < -0.4 is 4.72 Å². The number of hydrogen-bond acceptors (Lipinski definition) is 3. The van der Waals surface area contributed by atoms with Gasteiger partial charge in [-0.1, -0.05) is 6.07 Å². The van der Waals surface area contributed by atoms with E-state index < -0.39 is 21.8 Å². The van der Waals surface area contributed by atoms with Crippen molar-refractivity contribution < 1.29 is 22.7 Å². The lowest BCUT2D eigenvalue weighted by molar-refractivity contribution is -0.131. The minimum atomic E-state index is -3.54. The summed E-state index contributed by atoms with van der Waals surface area (Å²) in [7, 11) is -3.54. The predicted molar refractivity (Wildman–Crippen MR) is 61.5 cm³/mol. The van der Waals surface area contributed by atoms with Crippen LogP contribution in [-0.2, 0) is 14.8 Å². The fourth-order valence-electron chi connectivity index (χ4n) is 1.09. The van der Waals surface area contributed by atoms with Crippen LogP contribution in [0.3, 0.4) is 0 Å². The Kier molecular flexibility index (Phi) is 3.84. The lowest BCUT2D eigenvalue weighted by Crippen LogP contribution is -2.10. The van der Waals surface area contributed by atoms with Crippen molar-refractivity contribution in [3.8, 4) is 0 Å². The molecule has 1 aromatic rings. The molecular weight excluding hydrogens is 249 g/mol. The van der Waals surface area contributed by atoms with Crippen molar-refractivity contribution in [3.05, 3.63) is 35.7 Å². The van der Waals surface area contributed by atoms with Crippen molar-refractivity contribution in [1.29, 1.82) is 0 Å². The number of carbonyl (C=O) groups is 1. The molecular formula is C10H10FNO4S. The van der Waals surface area contributed by atoms with E-state index in [1.807, 2.05) is 4.72 Å². The number of benzene rings is 1. The van der Waals surface area contributed by atoms with Crippen molar-refractivity contribution in [3.63, 3.8) is 0 Å². The molecule has 0 unspecified atom stereocenters. The molecule has 0 atom stereocenters. The number of carboxylic acids is 1. The number of nitrogens with one attached hydrogen (secondary N) is 1. The smallest absolute Gasteiger partial charge is 0.328 e. The fourth-order valence-corrected chi connectivity index (χ4v) is 1.65. The average Bonchev–Trinajstić information content (AvgIpc) is 2.17. The highest BCUT2D eigenvalue weighted by atomic mass is 32.2. The van der Waals surface area contributed by atoms with Gasteiger partial charge in [0, 0.05) is 6.08 Å². The van der Waals surface area contributed by atoms with Crippen molar-refractivity contribution in [1.82, 2.24) is 0 Å². The molecule has 2 N–H and O–H groups in total. The van der Waals surface area contributed by atoms with Gasteiger partial charge in [-0.05, 0) is 23.8 Å². The Bertz CT molecular complexity index is 566. The average molecular weight is 259 g/mol. The molecule has 0 spiro atoms. The van der Waals surface area contributed by atoms with Crippen LogP contribution in [0.1, 0.15) is 5.56 Å². The maximum Gasteiger partial charge on any atom is 0.328 e. The molecule has 1 rings (SSSR count). The molecule has 0 aliphatic rings. The molecule has 5 nitrogen and oxygen atoms in total. The summed E-state index contributed by atoms with van der Waals surface area (Å²) in [6.07, 6.45) is 2.97. The molecule has 17 heavy (non-hydrogen) atoms. The number of halogens is 1. The summed E-state index contributed by atoms with van der Waals surface area (Å²) >= 11 is 0. The first kappa shape index (κ1) is 13.2. The summed E-state index contributed by atoms with van der Waals surface area (Å²) in [6.45, 7) is 0. The van der Waals surface area contributed by atoms with Gasteiger partial charge in [0.15, 0.2) is 0 Å². The van der Waals surface area contributed by atoms with Crippen LogP contribution in [0.15, 0.2) is 24.3 Å². The standard InChI is InChI=1S/C10H10FNO4S/c1-17(15,16)12-9-4-2-7(6-8(9)11)3-5-10(13)14/h2-6,12H,1H3,(H,13,14). The molecule has 0 bridgehead atoms. The minimum absolute atomic E-state index is 0.181. The Labute approximate surface area is 97.6 Å². The summed E-state index contributed by atoms with van der Waals surface area (Å²) in [5.74, 6) is -1.92. The van der Waals surface area contributed by atoms with E-state index in [-0.39, 0.29) is 5.69 Å². The van der Waals surface area contributed by atoms with E-state index in [0.717, 1.165) is 18.4 Å². The molecule has 0 amide bonds. The van der Waals surface area contributed by atoms with Crippen LogP contribution in [-0.4, -0.2) is 25.7 Å². The zero-order valence-electron chi connectivity index (χ0n) is 8.84. The molecule has 92 valence electrons. The monoisotopic (exact) mass is 259 g/mol. The highest BCUT2D eigenvalue weighted by Gasteiger charge is 2.07. The third-order valence-electron chi connectivity index (χ3n) is 1.71. The van der Waals surface area contributed by atoms with Gasteiger partial charge in [-0.25, -0.2) is 17.6 Å². The van der Waals surface area contributed by atoms with Crippen molar-refractivity contribution in [2.75, 3.05) is 11.0 Å². The fraction of sp³-hybridized carbons (Fsp3) is 0.100. The van der Waals surface area contributed by atoms with E-state index in [2.05, 4.69) is 0 Å². The van der Waals surface area contributed by atoms with Crippen molar-refractivity contribution in [2.45, 2.75) is 0 Å². The molecule has 0 radical (unpaired) electrons. The normalized spacial score (nSPS) is 11.6. The maximum absolute atomic E-state index is 13.4. The number of carboxylic acid groups (broad SMARTS) is 1. The van der Waals surface area contributed by atoms with Crippen molar-refractivity contribution in [2.24, 2.45) is 0 Å². The second kappa shape index (κ2) is 4.96. The summed E-state index contributed by atoms with van der Waals surface area (Å²) < 4.78 is 37.2. The highest BCUT2D eigenvalue weighted by molar-refractivity contribution is 7.92. The molecule has 0 heterocycles. The molecule has 0 aromatic heterocycles. The Morgan fingerprint density at radius 3 is 2.59 bits per heavy atom. The van der Waals surface area contributed by atoms with Gasteiger partial charge in [0.1, 0.15) is 5.82 Å². The first-order valence-electron chi connectivity index (χ1n) is 4.46. The molecule has 0 fully saturated rings. The molecule has 7 heteroatoms. The number of hydrogen-bond donors (Lipinski definition) is 2. The molecule has 0 aliphatic carbocycles. The summed E-state index contributed by atoms with van der Waals surface area (Å²) in [4.78, 5) is 10.2. The van der Waals surface area contributed by atoms with Crippen molar-refractivity contribution >= 4 is 27.8 Å². The van der Waals surface area contributed by atoms with E-state index >= 15 is 0 Å². The quantitative estimate of drug-likeness (QED) is 0.798. The van der Waals surface area contributed by atoms with Crippen LogP contribution in [0.2, 0.25) is 0 Å². The number of anilines is 1. The van der Waals surface area contributed by atoms with Gasteiger partial charge in [0.2, 0.25) is 10.0 Å². The Morgan fingerprint density at radius 1 is 1.47 bits per heavy atom. The first-order valence-corrected chi connectivity index (χ1v) is 6.35. The number of sulfonamides is 1. The summed E-state index contributed by atoms with van der Waals surface area (Å²) in [5.41, 5.74) is 0.143. The maximum atomic E-state index is 13.4. The van der Waals surface area contributed by atoms with Gasteiger partial charge < -0.3 is 5.11 Å². The Hall–Kier alpha value is -1.89. The number of aliphatic carboxylic acids is 1. The molecule has 0 saturated carbocycles. The van der Waals surface area contributed by atoms with Gasteiger partial charge in [-0.3, -0.25) is 4.72 Å². The molecule has 0 saturated heterocycles. The first-order chi connectivity index (χ1) is 7.78. The van der Waals surface area contributed by atoms with E-state index in [4.69, 9.17) is 5.11 Å². The van der Waals surface area contributed by atoms with Gasteiger partial charge in [-0.2, -0.15) is 0 Å². The Balaban J connectivity index is 2.98. The largest absolute Gasteiger partial charge is 0.478 e. The topological polar surface area (TPSA) is 83.5 Å². The van der Waals surface area contributed by atoms with Crippen LogP contribution in [0.5, 0.6) is 0 Å². The van der Waals surface area contributed by atoms with Crippen LogP contribution in [0.25, 0.3) is 6.08 Å². The third-order valence-corrected chi connectivity index (χ3v) is 2.30. The highest BCUT2D eigenvalue weighted by Crippen LogP contribution is 2.17. The van der Waals surface area contributed by atoms with E-state index in [1.54, 1.807) is 0 Å². The van der Waals surface area contributed by atoms with E-state index in [1.165, 1.54) is 18.2 Å². The number of rotatable bonds is 4. The third kappa shape index (κ3) is 4.64. The summed E-state index contributed by atoms with van der Waals surface area (Å²) in [5, 5.41) is 8.38. The molecule has 1 aromatic carbocycles. The van der Waals surface area contributed by atoms with Crippen LogP contribution in [0, 0.1) is 5.82 Å². The van der Waals surface area contributed by atoms with E-state index in [0.29, 0.717) is 5.56 Å². The zero-order chi connectivity index (χ0) is 13.1. The van der Waals surface area contributed by atoms with Gasteiger partial charge in [-0.15, -0.1) is 0 Å². The second-order valence-electron chi connectivity index (χ2n) is 3.29. The van der Waals surface area contributed by atoms with Gasteiger partial charge in [0.25, 0.3) is 0 Å². The summed E-state index contributed by atoms with van der Waals surface area (Å²) in [6, 6.07) is 3.65. The SMILES string of the molecule is CS(=O)(=O)Nc1ccc(C=CC(=O)O)cc1F. The Morgan fingerprint density at radius 2 is 2.12 bits per heavy atom. The van der Waals surface area contributed by atoms with Gasteiger partial charge in [0.05, 0.1) is 11.9 Å². The van der Waals surface area contributed by atoms with Gasteiger partial charge >= 0.3 is 5.97 Å². The lowest BCUT2D eigenvalue weighted by Gasteiger charge is -2.05. The van der Waals surface area contributed by atoms with Crippen LogP contribution >= 0.6 is 0 Å². The lowest BCUT2D eigenvalue weighted by atomic mass is 10.2. The van der Waals surface area contributed by atoms with E-state index in [9.17, 15) is 17.6 Å². The predicted octanol–water partition coefficient (Wildman–Crippen LogP) is 1.29.